The number of hydrogen-bond acceptors (Lipinski definition) is 8. The van der Waals surface area contributed by atoms with Gasteiger partial charge in [-0.15, -0.1) is 11.3 Å². The molecule has 3 aliphatic heterocycles. The normalized spacial score (nSPS) is 23.3. The highest BCUT2D eigenvalue weighted by atomic mass is 35.5. The third-order valence-electron chi connectivity index (χ3n) is 8.36. The first kappa shape index (κ1) is 28.2. The summed E-state index contributed by atoms with van der Waals surface area (Å²) in [7, 11) is 0. The summed E-state index contributed by atoms with van der Waals surface area (Å²) in [5, 5.41) is 10.5. The van der Waals surface area contributed by atoms with Gasteiger partial charge in [0.2, 0.25) is 0 Å². The number of nitrogens with zero attached hydrogens (tertiary/aromatic N) is 4. The van der Waals surface area contributed by atoms with E-state index in [0.717, 1.165) is 18.6 Å². The molecule has 1 N–H and O–H groups in total. The molecule has 3 aliphatic rings. The number of nitriles is 1. The third kappa shape index (κ3) is 4.35. The molecule has 4 aromatic rings. The molecule has 2 fully saturated rings. The number of rotatable bonds is 5. The van der Waals surface area contributed by atoms with Gasteiger partial charge in [0.25, 0.3) is 6.43 Å². The zero-order chi connectivity index (χ0) is 30.2. The maximum absolute atomic E-state index is 16.6. The van der Waals surface area contributed by atoms with Gasteiger partial charge in [-0.2, -0.15) is 19.6 Å². The lowest BCUT2D eigenvalue weighted by molar-refractivity contribution is 0.0995. The van der Waals surface area contributed by atoms with Crippen molar-refractivity contribution in [3.8, 4) is 29.0 Å². The van der Waals surface area contributed by atoms with Gasteiger partial charge in [-0.25, -0.2) is 22.0 Å². The number of nitrogens with one attached hydrogen (secondary N) is 1. The van der Waals surface area contributed by atoms with Crippen molar-refractivity contribution >= 4 is 49.7 Å². The van der Waals surface area contributed by atoms with Crippen molar-refractivity contribution in [3.63, 3.8) is 0 Å². The van der Waals surface area contributed by atoms with Crippen molar-refractivity contribution < 1.29 is 35.8 Å². The van der Waals surface area contributed by atoms with Gasteiger partial charge >= 0.3 is 6.01 Å². The summed E-state index contributed by atoms with van der Waals surface area (Å²) in [5.74, 6) is -2.35. The second-order valence-electron chi connectivity index (χ2n) is 10.8. The van der Waals surface area contributed by atoms with Crippen LogP contribution in [0.2, 0.25) is 5.02 Å². The predicted octanol–water partition coefficient (Wildman–Crippen LogP) is 6.85. The molecule has 7 nitrogen and oxygen atoms in total. The van der Waals surface area contributed by atoms with Crippen LogP contribution in [0.15, 0.2) is 12.1 Å². The lowest BCUT2D eigenvalue weighted by Gasteiger charge is -2.30. The first-order valence-corrected chi connectivity index (χ1v) is 14.5. The molecular formula is C28H20ClF6N5O2S. The van der Waals surface area contributed by atoms with Crippen LogP contribution in [0.25, 0.3) is 32.1 Å². The summed E-state index contributed by atoms with van der Waals surface area (Å²) in [4.78, 5) is 10.5. The lowest BCUT2D eigenvalue weighted by Crippen LogP contribution is -2.43. The van der Waals surface area contributed by atoms with E-state index in [2.05, 4.69) is 15.3 Å². The Morgan fingerprint density at radius 1 is 1.26 bits per heavy atom. The minimum atomic E-state index is -2.92. The van der Waals surface area contributed by atoms with Gasteiger partial charge in [0.15, 0.2) is 16.7 Å². The van der Waals surface area contributed by atoms with E-state index in [1.807, 2.05) is 4.90 Å². The fourth-order valence-corrected chi connectivity index (χ4v) is 7.66. The summed E-state index contributed by atoms with van der Waals surface area (Å²) in [5.41, 5.74) is -2.04. The van der Waals surface area contributed by atoms with Crippen LogP contribution < -0.4 is 14.8 Å². The van der Waals surface area contributed by atoms with Crippen molar-refractivity contribution in [1.82, 2.24) is 14.9 Å². The molecule has 0 aliphatic carbocycles. The van der Waals surface area contributed by atoms with Crippen molar-refractivity contribution in [2.45, 2.75) is 43.4 Å². The maximum Gasteiger partial charge on any atom is 0.319 e. The van der Waals surface area contributed by atoms with E-state index in [-0.39, 0.29) is 63.2 Å². The van der Waals surface area contributed by atoms with Crippen molar-refractivity contribution in [2.24, 2.45) is 0 Å². The van der Waals surface area contributed by atoms with Crippen molar-refractivity contribution in [2.75, 3.05) is 31.6 Å². The number of halogens is 7. The number of aromatic nitrogens is 2. The third-order valence-corrected chi connectivity index (χ3v) is 9.70. The zero-order valence-electron chi connectivity index (χ0n) is 22.0. The van der Waals surface area contributed by atoms with Gasteiger partial charge < -0.3 is 14.8 Å². The van der Waals surface area contributed by atoms with E-state index in [4.69, 9.17) is 21.1 Å². The van der Waals surface area contributed by atoms with Crippen LogP contribution in [-0.2, 0) is 0 Å². The van der Waals surface area contributed by atoms with Crippen LogP contribution >= 0.6 is 22.9 Å². The molecule has 15 heteroatoms. The molecule has 5 heterocycles. The Bertz CT molecular complexity index is 1850. The molecule has 2 aromatic heterocycles. The van der Waals surface area contributed by atoms with Crippen LogP contribution in [0.3, 0.4) is 0 Å². The summed E-state index contributed by atoms with van der Waals surface area (Å²) in [6.07, 6.45) is -2.19. The average Bonchev–Trinajstić information content (AvgIpc) is 3.56. The number of alkyl halides is 3. The molecule has 0 unspecified atom stereocenters. The molecule has 0 bridgehead atoms. The highest BCUT2D eigenvalue weighted by molar-refractivity contribution is 7.17. The molecule has 0 saturated carbocycles. The predicted molar refractivity (Wildman–Crippen MR) is 147 cm³/mol. The number of benzene rings is 2. The van der Waals surface area contributed by atoms with E-state index in [1.165, 1.54) is 0 Å². The lowest BCUT2D eigenvalue weighted by atomic mass is 9.95. The Hall–Kier alpha value is -3.54. The fraction of sp³-hybridized carbons (Fsp3) is 0.393. The van der Waals surface area contributed by atoms with Crippen LogP contribution in [0.1, 0.15) is 24.8 Å². The molecule has 0 spiro atoms. The van der Waals surface area contributed by atoms with Crippen molar-refractivity contribution in [3.05, 3.63) is 39.5 Å². The van der Waals surface area contributed by atoms with Gasteiger partial charge in [-0.05, 0) is 31.0 Å². The zero-order valence-corrected chi connectivity index (χ0v) is 23.6. The average molecular weight is 640 g/mol. The minimum absolute atomic E-state index is 0.0135. The summed E-state index contributed by atoms with van der Waals surface area (Å²) in [6.45, 7) is 0.361. The van der Waals surface area contributed by atoms with E-state index in [0.29, 0.717) is 24.3 Å². The second kappa shape index (κ2) is 10.3. The highest BCUT2D eigenvalue weighted by Crippen LogP contribution is 2.50. The van der Waals surface area contributed by atoms with E-state index in [1.54, 1.807) is 6.07 Å². The molecule has 2 aromatic carbocycles. The van der Waals surface area contributed by atoms with E-state index in [9.17, 15) is 27.2 Å². The van der Waals surface area contributed by atoms with E-state index >= 15 is 4.39 Å². The number of ether oxygens (including phenoxy) is 2. The largest absolute Gasteiger partial charge is 0.489 e. The molecule has 43 heavy (non-hydrogen) atoms. The molecule has 3 atom stereocenters. The maximum atomic E-state index is 16.6. The van der Waals surface area contributed by atoms with Crippen LogP contribution in [0, 0.1) is 28.1 Å². The van der Waals surface area contributed by atoms with Crippen molar-refractivity contribution in [1.29, 1.82) is 5.26 Å². The number of anilines is 1. The Kier molecular flexibility index (Phi) is 6.75. The smallest absolute Gasteiger partial charge is 0.319 e. The number of fused-ring (bicyclic) bond motifs is 2. The summed E-state index contributed by atoms with van der Waals surface area (Å²) >= 11 is 7.04. The first-order chi connectivity index (χ1) is 20.6. The SMILES string of the molecule is N#Cc1c(F)sc2c(F)ccc(-c3c(Cl)c4c5c(nc(OC[C@@]67CCCN6C[C@H](F)C7)nc5c3F)N[C@@H](C(F)F)CO4)c12. The van der Waals surface area contributed by atoms with E-state index < -0.39 is 64.2 Å². The molecule has 2 saturated heterocycles. The quantitative estimate of drug-likeness (QED) is 0.239. The Labute approximate surface area is 249 Å². The number of thiophene rings is 1. The van der Waals surface area contributed by atoms with Gasteiger partial charge in [-0.1, -0.05) is 17.7 Å². The molecular weight excluding hydrogens is 620 g/mol. The van der Waals surface area contributed by atoms with Gasteiger partial charge in [-0.3, -0.25) is 4.90 Å². The van der Waals surface area contributed by atoms with Gasteiger partial charge in [0.1, 0.15) is 54.2 Å². The standard InChI is InChI=1S/C28H20ClF6N5O2S/c29-19-17(12-2-3-14(31)23-16(12)13(7-36)25(35)43-23)20(32)21-18-22(19)41-9-15(24(33)34)37-26(18)39-27(38-21)42-10-28-4-1-5-40(28)8-11(30)6-28/h2-3,11,15,24H,1,4-6,8-10H2,(H,37,38,39)/t11-,15-,28+/m1/s1. The monoisotopic (exact) mass is 639 g/mol. The molecule has 0 amide bonds. The fourth-order valence-electron chi connectivity index (χ4n) is 6.42. The summed E-state index contributed by atoms with van der Waals surface area (Å²) < 4.78 is 99.3. The topological polar surface area (TPSA) is 83.3 Å². The Morgan fingerprint density at radius 3 is 2.84 bits per heavy atom. The second-order valence-corrected chi connectivity index (χ2v) is 12.2. The van der Waals surface area contributed by atoms with Gasteiger partial charge in [0, 0.05) is 23.9 Å². The molecule has 0 radical (unpaired) electrons. The van der Waals surface area contributed by atoms with Crippen LogP contribution in [0.4, 0.5) is 32.2 Å². The molecule has 224 valence electrons. The highest BCUT2D eigenvalue weighted by Gasteiger charge is 2.49. The number of hydrogen-bond donors (Lipinski definition) is 1. The van der Waals surface area contributed by atoms with Crippen LogP contribution in [-0.4, -0.2) is 65.3 Å². The van der Waals surface area contributed by atoms with Crippen LogP contribution in [0.5, 0.6) is 11.8 Å². The first-order valence-electron chi connectivity index (χ1n) is 13.3. The van der Waals surface area contributed by atoms with Gasteiger partial charge in [0.05, 0.1) is 20.6 Å². The minimum Gasteiger partial charge on any atom is -0.489 e. The Balaban J connectivity index is 1.43. The Morgan fingerprint density at radius 2 is 2.07 bits per heavy atom. The molecule has 7 rings (SSSR count). The summed E-state index contributed by atoms with van der Waals surface area (Å²) in [6, 6.07) is 1.89.